The Balaban J connectivity index is 1.75. The molecule has 0 aliphatic carbocycles. The molecule has 1 unspecified atom stereocenters. The van der Waals surface area contributed by atoms with Crippen molar-refractivity contribution in [1.29, 1.82) is 0 Å². The third-order valence-corrected chi connectivity index (χ3v) is 4.55. The molecule has 1 aromatic carbocycles. The number of rotatable bonds is 6. The Morgan fingerprint density at radius 1 is 1.21 bits per heavy atom. The molecule has 3 rings (SSSR count). The summed E-state index contributed by atoms with van der Waals surface area (Å²) in [7, 11) is 0. The van der Waals surface area contributed by atoms with E-state index in [1.807, 2.05) is 47.8 Å². The summed E-state index contributed by atoms with van der Waals surface area (Å²) in [6, 6.07) is 13.7. The molecule has 0 aliphatic heterocycles. The molecular formula is C19H19N3OS. The predicted octanol–water partition coefficient (Wildman–Crippen LogP) is 4.73. The number of hydrogen-bond donors (Lipinski definition) is 1. The molecule has 2 heterocycles. The zero-order valence-electron chi connectivity index (χ0n) is 13.5. The molecule has 5 heteroatoms. The van der Waals surface area contributed by atoms with Gasteiger partial charge >= 0.3 is 0 Å². The van der Waals surface area contributed by atoms with Gasteiger partial charge in [0.2, 0.25) is 5.91 Å². The Morgan fingerprint density at radius 2 is 2.04 bits per heavy atom. The van der Waals surface area contributed by atoms with E-state index in [9.17, 15) is 4.79 Å². The molecule has 122 valence electrons. The third kappa shape index (κ3) is 3.86. The van der Waals surface area contributed by atoms with Gasteiger partial charge in [-0.25, -0.2) is 4.98 Å². The van der Waals surface area contributed by atoms with Gasteiger partial charge < -0.3 is 5.32 Å². The molecular weight excluding hydrogens is 318 g/mol. The van der Waals surface area contributed by atoms with E-state index in [-0.39, 0.29) is 11.8 Å². The van der Waals surface area contributed by atoms with Gasteiger partial charge in [-0.3, -0.25) is 9.78 Å². The average molecular weight is 337 g/mol. The maximum absolute atomic E-state index is 12.7. The number of anilines is 1. The fraction of sp³-hybridized carbons (Fsp3) is 0.211. The van der Waals surface area contributed by atoms with E-state index in [1.165, 1.54) is 11.3 Å². The molecule has 4 nitrogen and oxygen atoms in total. The zero-order chi connectivity index (χ0) is 16.8. The number of aromatic nitrogens is 2. The first-order valence-corrected chi connectivity index (χ1v) is 8.87. The highest BCUT2D eigenvalue weighted by Gasteiger charge is 2.20. The van der Waals surface area contributed by atoms with Crippen LogP contribution in [-0.4, -0.2) is 15.9 Å². The first-order chi connectivity index (χ1) is 11.8. The number of amides is 1. The van der Waals surface area contributed by atoms with E-state index >= 15 is 0 Å². The van der Waals surface area contributed by atoms with E-state index in [0.717, 1.165) is 29.7 Å². The van der Waals surface area contributed by atoms with Crippen LogP contribution >= 0.6 is 11.3 Å². The van der Waals surface area contributed by atoms with Crippen LogP contribution in [0.25, 0.3) is 11.3 Å². The van der Waals surface area contributed by atoms with Crippen molar-refractivity contribution in [3.63, 3.8) is 0 Å². The van der Waals surface area contributed by atoms with Crippen LogP contribution in [0, 0.1) is 0 Å². The van der Waals surface area contributed by atoms with Crippen molar-refractivity contribution in [2.45, 2.75) is 25.7 Å². The number of benzene rings is 1. The van der Waals surface area contributed by atoms with Gasteiger partial charge in [-0.1, -0.05) is 43.7 Å². The van der Waals surface area contributed by atoms with Crippen LogP contribution in [0.2, 0.25) is 0 Å². The lowest BCUT2D eigenvalue weighted by Crippen LogP contribution is -2.21. The Morgan fingerprint density at radius 3 is 2.75 bits per heavy atom. The summed E-state index contributed by atoms with van der Waals surface area (Å²) in [5, 5.41) is 5.52. The van der Waals surface area contributed by atoms with Gasteiger partial charge in [-0.2, -0.15) is 0 Å². The van der Waals surface area contributed by atoms with Crippen molar-refractivity contribution >= 4 is 22.4 Å². The highest BCUT2D eigenvalue weighted by Crippen LogP contribution is 2.27. The number of thiazole rings is 1. The average Bonchev–Trinajstić information content (AvgIpc) is 3.09. The molecule has 2 aromatic heterocycles. The minimum Gasteiger partial charge on any atom is -0.301 e. The Kier molecular flexibility index (Phi) is 5.33. The molecule has 1 atom stereocenters. The van der Waals surface area contributed by atoms with Crippen LogP contribution in [0.1, 0.15) is 31.2 Å². The largest absolute Gasteiger partial charge is 0.301 e. The van der Waals surface area contributed by atoms with Crippen molar-refractivity contribution in [3.05, 3.63) is 65.8 Å². The van der Waals surface area contributed by atoms with E-state index in [2.05, 4.69) is 22.2 Å². The van der Waals surface area contributed by atoms with Crippen molar-refractivity contribution in [3.8, 4) is 11.3 Å². The SMILES string of the molecule is CCCC(C(=O)Nc1nc(-c2cccnc2)cs1)c1ccccc1. The molecule has 1 N–H and O–H groups in total. The van der Waals surface area contributed by atoms with Crippen LogP contribution in [0.15, 0.2) is 60.2 Å². The molecule has 0 bridgehead atoms. The third-order valence-electron chi connectivity index (χ3n) is 3.79. The van der Waals surface area contributed by atoms with Gasteiger partial charge in [-0.15, -0.1) is 11.3 Å². The monoisotopic (exact) mass is 337 g/mol. The number of hydrogen-bond acceptors (Lipinski definition) is 4. The van der Waals surface area contributed by atoms with Crippen LogP contribution in [0.5, 0.6) is 0 Å². The minimum absolute atomic E-state index is 0.00450. The smallest absolute Gasteiger partial charge is 0.233 e. The van der Waals surface area contributed by atoms with Crippen molar-refractivity contribution in [2.75, 3.05) is 5.32 Å². The van der Waals surface area contributed by atoms with Crippen molar-refractivity contribution < 1.29 is 4.79 Å². The highest BCUT2D eigenvalue weighted by molar-refractivity contribution is 7.14. The van der Waals surface area contributed by atoms with Gasteiger partial charge in [0.25, 0.3) is 0 Å². The summed E-state index contributed by atoms with van der Waals surface area (Å²) in [5.41, 5.74) is 2.82. The van der Waals surface area contributed by atoms with E-state index in [4.69, 9.17) is 0 Å². The fourth-order valence-corrected chi connectivity index (χ4v) is 3.32. The maximum atomic E-state index is 12.7. The van der Waals surface area contributed by atoms with Crippen molar-refractivity contribution in [2.24, 2.45) is 0 Å². The number of carbonyl (C=O) groups excluding carboxylic acids is 1. The lowest BCUT2D eigenvalue weighted by atomic mass is 9.94. The Bertz CT molecular complexity index is 787. The minimum atomic E-state index is -0.151. The van der Waals surface area contributed by atoms with Gasteiger partial charge in [0.05, 0.1) is 11.6 Å². The van der Waals surface area contributed by atoms with E-state index in [1.54, 1.807) is 12.4 Å². The van der Waals surface area contributed by atoms with Crippen LogP contribution < -0.4 is 5.32 Å². The first kappa shape index (κ1) is 16.3. The highest BCUT2D eigenvalue weighted by atomic mass is 32.1. The second-order valence-electron chi connectivity index (χ2n) is 5.52. The second kappa shape index (κ2) is 7.84. The number of nitrogens with one attached hydrogen (secondary N) is 1. The molecule has 3 aromatic rings. The summed E-state index contributed by atoms with van der Waals surface area (Å²) in [6.45, 7) is 2.09. The summed E-state index contributed by atoms with van der Waals surface area (Å²) >= 11 is 1.43. The second-order valence-corrected chi connectivity index (χ2v) is 6.38. The first-order valence-electron chi connectivity index (χ1n) is 7.99. The Labute approximate surface area is 145 Å². The summed E-state index contributed by atoms with van der Waals surface area (Å²) < 4.78 is 0. The van der Waals surface area contributed by atoms with Gasteiger partial charge in [0, 0.05) is 23.3 Å². The van der Waals surface area contributed by atoms with Gasteiger partial charge in [-0.05, 0) is 24.1 Å². The molecule has 0 saturated carbocycles. The quantitative estimate of drug-likeness (QED) is 0.707. The number of pyridine rings is 1. The van der Waals surface area contributed by atoms with Gasteiger partial charge in [0.15, 0.2) is 5.13 Å². The topological polar surface area (TPSA) is 54.9 Å². The molecule has 0 radical (unpaired) electrons. The maximum Gasteiger partial charge on any atom is 0.233 e. The number of carbonyl (C=O) groups is 1. The predicted molar refractivity (Wildman–Crippen MR) is 98.1 cm³/mol. The standard InChI is InChI=1S/C19H19N3OS/c1-2-7-16(14-8-4-3-5-9-14)18(23)22-19-21-17(13-24-19)15-10-6-11-20-12-15/h3-6,8-13,16H,2,7H2,1H3,(H,21,22,23). The normalized spacial score (nSPS) is 11.9. The van der Waals surface area contributed by atoms with Crippen LogP contribution in [0.4, 0.5) is 5.13 Å². The van der Waals surface area contributed by atoms with E-state index in [0.29, 0.717) is 5.13 Å². The van der Waals surface area contributed by atoms with E-state index < -0.39 is 0 Å². The summed E-state index contributed by atoms with van der Waals surface area (Å²) in [6.07, 6.45) is 5.26. The fourth-order valence-electron chi connectivity index (χ4n) is 2.59. The van der Waals surface area contributed by atoms with Crippen molar-refractivity contribution in [1.82, 2.24) is 9.97 Å². The molecule has 24 heavy (non-hydrogen) atoms. The molecule has 0 aliphatic rings. The zero-order valence-corrected chi connectivity index (χ0v) is 14.3. The summed E-state index contributed by atoms with van der Waals surface area (Å²) in [4.78, 5) is 21.3. The molecule has 1 amide bonds. The van der Waals surface area contributed by atoms with Gasteiger partial charge in [0.1, 0.15) is 0 Å². The molecule has 0 spiro atoms. The lowest BCUT2D eigenvalue weighted by Gasteiger charge is -2.15. The molecule has 0 saturated heterocycles. The van der Waals surface area contributed by atoms with Crippen LogP contribution in [-0.2, 0) is 4.79 Å². The number of nitrogens with zero attached hydrogens (tertiary/aromatic N) is 2. The molecule has 0 fully saturated rings. The summed E-state index contributed by atoms with van der Waals surface area (Å²) in [5.74, 6) is -0.155. The van der Waals surface area contributed by atoms with Crippen LogP contribution in [0.3, 0.4) is 0 Å². The Hall–Kier alpha value is -2.53. The lowest BCUT2D eigenvalue weighted by molar-refractivity contribution is -0.117.